The highest BCUT2D eigenvalue weighted by Gasteiger charge is 2.63. The van der Waals surface area contributed by atoms with Crippen molar-refractivity contribution in [1.82, 2.24) is 0 Å². The van der Waals surface area contributed by atoms with Crippen LogP contribution in [0.4, 0.5) is 8.78 Å². The Kier molecular flexibility index (Phi) is 2.25. The molecule has 17 heavy (non-hydrogen) atoms. The van der Waals surface area contributed by atoms with E-state index in [2.05, 4.69) is 0 Å². The minimum Gasteiger partial charge on any atom is -0.508 e. The highest BCUT2D eigenvalue weighted by Crippen LogP contribution is 2.47. The molecule has 0 fully saturated rings. The van der Waals surface area contributed by atoms with Gasteiger partial charge in [0.2, 0.25) is 5.60 Å². The fourth-order valence-corrected chi connectivity index (χ4v) is 1.67. The van der Waals surface area contributed by atoms with Crippen LogP contribution in [0.2, 0.25) is 0 Å². The Balaban J connectivity index is 2.55. The predicted octanol–water partition coefficient (Wildman–Crippen LogP) is 0.692. The molecule has 0 saturated heterocycles. The van der Waals surface area contributed by atoms with E-state index in [-0.39, 0.29) is 17.1 Å². The fourth-order valence-electron chi connectivity index (χ4n) is 1.67. The molecule has 5 nitrogen and oxygen atoms in total. The average Bonchev–Trinajstić information content (AvgIpc) is 2.57. The molecule has 1 aliphatic rings. The summed E-state index contributed by atoms with van der Waals surface area (Å²) in [4.78, 5) is 10.5. The van der Waals surface area contributed by atoms with Crippen LogP contribution in [-0.4, -0.2) is 33.8 Å². The molecule has 0 spiro atoms. The van der Waals surface area contributed by atoms with Crippen LogP contribution >= 0.6 is 0 Å². The minimum absolute atomic E-state index is 0.159. The number of phenolic OH excluding ortho intramolecular Hbond substituents is 1. The first-order valence-electron chi connectivity index (χ1n) is 4.59. The Labute approximate surface area is 93.9 Å². The van der Waals surface area contributed by atoms with Gasteiger partial charge in [-0.3, -0.25) is 0 Å². The highest BCUT2D eigenvalue weighted by atomic mass is 19.3. The number of hydrogen-bond donors (Lipinski definition) is 3. The van der Waals surface area contributed by atoms with Crippen LogP contribution in [0, 0.1) is 0 Å². The number of rotatable bonds is 2. The number of benzene rings is 1. The zero-order chi connectivity index (χ0) is 12.8. The second-order valence-electron chi connectivity index (χ2n) is 3.71. The van der Waals surface area contributed by atoms with E-state index in [1.807, 2.05) is 0 Å². The van der Waals surface area contributed by atoms with Crippen molar-refractivity contribution in [3.05, 3.63) is 23.8 Å². The quantitative estimate of drug-likeness (QED) is 0.714. The van der Waals surface area contributed by atoms with Gasteiger partial charge in [-0.05, 0) is 12.1 Å². The SMILES string of the molecule is O=C(O)C(F)(F)C1(O)COc2cc(O)ccc21. The van der Waals surface area contributed by atoms with Crippen molar-refractivity contribution in [2.24, 2.45) is 0 Å². The van der Waals surface area contributed by atoms with Crippen molar-refractivity contribution in [2.75, 3.05) is 6.61 Å². The smallest absolute Gasteiger partial charge is 0.378 e. The number of fused-ring (bicyclic) bond motifs is 1. The molecule has 0 radical (unpaired) electrons. The van der Waals surface area contributed by atoms with Crippen molar-refractivity contribution in [3.63, 3.8) is 0 Å². The second-order valence-corrected chi connectivity index (χ2v) is 3.71. The number of phenols is 1. The summed E-state index contributed by atoms with van der Waals surface area (Å²) in [6.07, 6.45) is 0. The third kappa shape index (κ3) is 1.42. The molecule has 0 bridgehead atoms. The van der Waals surface area contributed by atoms with Gasteiger partial charge >= 0.3 is 11.9 Å². The standard InChI is InChI=1S/C10H8F2O5/c11-10(12,8(14)15)9(16)4-17-7-3-5(13)1-2-6(7)9/h1-3,13,16H,4H2,(H,14,15). The van der Waals surface area contributed by atoms with E-state index in [1.54, 1.807) is 0 Å². The fraction of sp³-hybridized carbons (Fsp3) is 0.300. The van der Waals surface area contributed by atoms with Gasteiger partial charge in [0.1, 0.15) is 18.1 Å². The molecular formula is C10H8F2O5. The van der Waals surface area contributed by atoms with Crippen LogP contribution in [0.3, 0.4) is 0 Å². The van der Waals surface area contributed by atoms with Crippen molar-refractivity contribution in [3.8, 4) is 11.5 Å². The van der Waals surface area contributed by atoms with Crippen LogP contribution in [0.5, 0.6) is 11.5 Å². The van der Waals surface area contributed by atoms with E-state index < -0.39 is 24.1 Å². The van der Waals surface area contributed by atoms with Gasteiger partial charge in [0.25, 0.3) is 0 Å². The molecular weight excluding hydrogens is 238 g/mol. The number of alkyl halides is 2. The molecule has 0 amide bonds. The van der Waals surface area contributed by atoms with Crippen molar-refractivity contribution in [1.29, 1.82) is 0 Å². The number of carboxylic acids is 1. The number of hydrogen-bond acceptors (Lipinski definition) is 4. The Morgan fingerprint density at radius 3 is 2.71 bits per heavy atom. The van der Waals surface area contributed by atoms with Crippen LogP contribution in [0.1, 0.15) is 5.56 Å². The average molecular weight is 246 g/mol. The van der Waals surface area contributed by atoms with Gasteiger partial charge in [0.15, 0.2) is 0 Å². The topological polar surface area (TPSA) is 87.0 Å². The molecule has 1 unspecified atom stereocenters. The second kappa shape index (κ2) is 3.30. The zero-order valence-electron chi connectivity index (χ0n) is 8.35. The van der Waals surface area contributed by atoms with Crippen LogP contribution in [0.25, 0.3) is 0 Å². The molecule has 7 heteroatoms. The molecule has 0 aromatic heterocycles. The van der Waals surface area contributed by atoms with E-state index in [9.17, 15) is 18.7 Å². The lowest BCUT2D eigenvalue weighted by Gasteiger charge is -2.27. The first kappa shape index (κ1) is 11.6. The first-order chi connectivity index (χ1) is 7.79. The first-order valence-corrected chi connectivity index (χ1v) is 4.59. The summed E-state index contributed by atoms with van der Waals surface area (Å²) in [5.74, 6) is -7.21. The molecule has 0 aliphatic carbocycles. The monoisotopic (exact) mass is 246 g/mol. The molecule has 1 aromatic rings. The lowest BCUT2D eigenvalue weighted by molar-refractivity contribution is -0.213. The van der Waals surface area contributed by atoms with Gasteiger partial charge in [0, 0.05) is 11.6 Å². The Morgan fingerprint density at radius 1 is 1.47 bits per heavy atom. The summed E-state index contributed by atoms with van der Waals surface area (Å²) >= 11 is 0. The van der Waals surface area contributed by atoms with Gasteiger partial charge in [-0.25, -0.2) is 4.79 Å². The third-order valence-corrected chi connectivity index (χ3v) is 2.64. The van der Waals surface area contributed by atoms with Crippen LogP contribution < -0.4 is 4.74 Å². The number of aliphatic carboxylic acids is 1. The Morgan fingerprint density at radius 2 is 2.12 bits per heavy atom. The number of aliphatic hydroxyl groups is 1. The predicted molar refractivity (Wildman–Crippen MR) is 50.1 cm³/mol. The largest absolute Gasteiger partial charge is 0.508 e. The molecule has 2 rings (SSSR count). The van der Waals surface area contributed by atoms with Gasteiger partial charge in [0.05, 0.1) is 0 Å². The maximum atomic E-state index is 13.4. The van der Waals surface area contributed by atoms with E-state index in [1.165, 1.54) is 0 Å². The van der Waals surface area contributed by atoms with E-state index >= 15 is 0 Å². The Hall–Kier alpha value is -1.89. The van der Waals surface area contributed by atoms with E-state index in [4.69, 9.17) is 14.9 Å². The summed E-state index contributed by atoms with van der Waals surface area (Å²) in [6, 6.07) is 3.11. The van der Waals surface area contributed by atoms with E-state index in [0.29, 0.717) is 0 Å². The van der Waals surface area contributed by atoms with Crippen molar-refractivity contribution in [2.45, 2.75) is 11.5 Å². The number of carboxylic acid groups (broad SMARTS) is 1. The summed E-state index contributed by atoms with van der Waals surface area (Å²) in [5.41, 5.74) is -3.29. The molecule has 0 saturated carbocycles. The van der Waals surface area contributed by atoms with Gasteiger partial charge in [-0.2, -0.15) is 8.78 Å². The van der Waals surface area contributed by atoms with E-state index in [0.717, 1.165) is 18.2 Å². The summed E-state index contributed by atoms with van der Waals surface area (Å²) in [5, 5.41) is 27.3. The lowest BCUT2D eigenvalue weighted by atomic mass is 9.89. The van der Waals surface area contributed by atoms with Gasteiger partial charge in [-0.15, -0.1) is 0 Å². The molecule has 1 aliphatic heterocycles. The molecule has 3 N–H and O–H groups in total. The van der Waals surface area contributed by atoms with Crippen molar-refractivity contribution >= 4 is 5.97 Å². The Bertz CT molecular complexity index is 488. The van der Waals surface area contributed by atoms with Crippen LogP contribution in [-0.2, 0) is 10.4 Å². The lowest BCUT2D eigenvalue weighted by Crippen LogP contribution is -2.52. The highest BCUT2D eigenvalue weighted by molar-refractivity contribution is 5.78. The van der Waals surface area contributed by atoms with Gasteiger partial charge in [-0.1, -0.05) is 0 Å². The maximum Gasteiger partial charge on any atom is 0.378 e. The molecule has 1 atom stereocenters. The molecule has 92 valence electrons. The number of ether oxygens (including phenoxy) is 1. The van der Waals surface area contributed by atoms with Crippen LogP contribution in [0.15, 0.2) is 18.2 Å². The molecule has 1 heterocycles. The van der Waals surface area contributed by atoms with Gasteiger partial charge < -0.3 is 20.1 Å². The van der Waals surface area contributed by atoms with Crippen molar-refractivity contribution < 1.29 is 33.6 Å². The number of aromatic hydroxyl groups is 1. The zero-order valence-corrected chi connectivity index (χ0v) is 8.35. The summed E-state index contributed by atoms with van der Waals surface area (Å²) in [7, 11) is 0. The maximum absolute atomic E-state index is 13.4. The number of carbonyl (C=O) groups is 1. The number of halogens is 2. The minimum atomic E-state index is -4.38. The molecule has 1 aromatic carbocycles. The third-order valence-electron chi connectivity index (χ3n) is 2.64. The summed E-state index contributed by atoms with van der Waals surface area (Å²) < 4.78 is 31.6. The summed E-state index contributed by atoms with van der Waals surface area (Å²) in [6.45, 7) is -0.884. The normalized spacial score (nSPS) is 23.0.